The predicted octanol–water partition coefficient (Wildman–Crippen LogP) is 5.82. The van der Waals surface area contributed by atoms with Crippen molar-refractivity contribution in [3.8, 4) is 17.1 Å². The maximum Gasteiger partial charge on any atom is 0.434 e. The second-order valence-corrected chi connectivity index (χ2v) is 6.07. The van der Waals surface area contributed by atoms with Gasteiger partial charge in [0, 0.05) is 17.4 Å². The highest BCUT2D eigenvalue weighted by Crippen LogP contribution is 2.37. The highest BCUT2D eigenvalue weighted by molar-refractivity contribution is 7.15. The Kier molecular flexibility index (Phi) is 3.88. The van der Waals surface area contributed by atoms with Crippen LogP contribution in [0.1, 0.15) is 5.69 Å². The average molecular weight is 354 g/mol. The van der Waals surface area contributed by atoms with Crippen LogP contribution in [0.25, 0.3) is 21.9 Å². The molecule has 3 nitrogen and oxygen atoms in total. The molecule has 0 aliphatic carbocycles. The largest absolute Gasteiger partial charge is 0.434 e. The summed E-state index contributed by atoms with van der Waals surface area (Å²) < 4.78 is 40.7. The fourth-order valence-corrected chi connectivity index (χ4v) is 2.96. The molecule has 1 aromatic carbocycles. The number of nitrogens with zero attached hydrogens (tertiary/aromatic N) is 3. The summed E-state index contributed by atoms with van der Waals surface area (Å²) in [6, 6.07) is 7.83. The first-order chi connectivity index (χ1) is 10.9. The molecule has 116 valence electrons. The Hall–Kier alpha value is -2.30. The first kappa shape index (κ1) is 15.6. The van der Waals surface area contributed by atoms with Gasteiger partial charge < -0.3 is 0 Å². The fraction of sp³-hybridized carbons (Fsp3) is 0.0667. The standard InChI is InChI=1S/C15H7ClF3N3S/c1-20-9-2-4-10(5-3-9)22-8-12(15(17,18)19)21-14(22)11-6-7-23-13(11)16/h2-8H. The number of alkyl halides is 3. The van der Waals surface area contributed by atoms with Gasteiger partial charge in [-0.1, -0.05) is 23.7 Å². The molecule has 0 bridgehead atoms. The van der Waals surface area contributed by atoms with Gasteiger partial charge in [0.1, 0.15) is 10.2 Å². The van der Waals surface area contributed by atoms with E-state index in [4.69, 9.17) is 18.2 Å². The van der Waals surface area contributed by atoms with Crippen molar-refractivity contribution < 1.29 is 13.2 Å². The molecule has 0 spiro atoms. The molecule has 3 aromatic rings. The number of rotatable bonds is 2. The molecule has 0 N–H and O–H groups in total. The van der Waals surface area contributed by atoms with Crippen molar-refractivity contribution in [1.29, 1.82) is 0 Å². The van der Waals surface area contributed by atoms with Gasteiger partial charge in [0.15, 0.2) is 11.4 Å². The zero-order valence-electron chi connectivity index (χ0n) is 11.3. The predicted molar refractivity (Wildman–Crippen MR) is 83.2 cm³/mol. The van der Waals surface area contributed by atoms with Gasteiger partial charge in [-0.3, -0.25) is 4.57 Å². The van der Waals surface area contributed by atoms with E-state index in [0.29, 0.717) is 21.3 Å². The molecular weight excluding hydrogens is 347 g/mol. The van der Waals surface area contributed by atoms with E-state index in [2.05, 4.69) is 9.83 Å². The van der Waals surface area contributed by atoms with E-state index in [1.54, 1.807) is 23.6 Å². The highest BCUT2D eigenvalue weighted by Gasteiger charge is 2.35. The van der Waals surface area contributed by atoms with Crippen molar-refractivity contribution in [3.63, 3.8) is 0 Å². The van der Waals surface area contributed by atoms with Crippen LogP contribution in [0, 0.1) is 6.57 Å². The Bertz CT molecular complexity index is 888. The van der Waals surface area contributed by atoms with E-state index < -0.39 is 11.9 Å². The van der Waals surface area contributed by atoms with Crippen molar-refractivity contribution in [1.82, 2.24) is 9.55 Å². The number of imidazole rings is 1. The van der Waals surface area contributed by atoms with Gasteiger partial charge in [-0.15, -0.1) is 11.3 Å². The van der Waals surface area contributed by atoms with E-state index in [9.17, 15) is 13.2 Å². The number of benzene rings is 1. The van der Waals surface area contributed by atoms with Crippen LogP contribution in [-0.2, 0) is 6.18 Å². The van der Waals surface area contributed by atoms with Crippen molar-refractivity contribution in [2.45, 2.75) is 6.18 Å². The van der Waals surface area contributed by atoms with Crippen LogP contribution in [0.3, 0.4) is 0 Å². The maximum absolute atomic E-state index is 13.0. The summed E-state index contributed by atoms with van der Waals surface area (Å²) in [4.78, 5) is 6.97. The Morgan fingerprint density at radius 3 is 2.39 bits per heavy atom. The molecule has 0 fully saturated rings. The first-order valence-electron chi connectivity index (χ1n) is 6.28. The summed E-state index contributed by atoms with van der Waals surface area (Å²) in [7, 11) is 0. The second-order valence-electron chi connectivity index (χ2n) is 4.55. The minimum absolute atomic E-state index is 0.110. The van der Waals surface area contributed by atoms with Crippen molar-refractivity contribution in [3.05, 3.63) is 63.4 Å². The smallest absolute Gasteiger partial charge is 0.299 e. The summed E-state index contributed by atoms with van der Waals surface area (Å²) in [5, 5.41) is 1.69. The van der Waals surface area contributed by atoms with E-state index in [1.165, 1.54) is 28.0 Å². The van der Waals surface area contributed by atoms with Gasteiger partial charge in [0.25, 0.3) is 0 Å². The summed E-state index contributed by atoms with van der Waals surface area (Å²) in [5.74, 6) is 0.110. The zero-order valence-corrected chi connectivity index (χ0v) is 12.9. The van der Waals surface area contributed by atoms with Crippen LogP contribution >= 0.6 is 22.9 Å². The second kappa shape index (κ2) is 5.72. The van der Waals surface area contributed by atoms with E-state index in [-0.39, 0.29) is 5.82 Å². The molecule has 0 saturated carbocycles. The fourth-order valence-electron chi connectivity index (χ4n) is 2.04. The molecule has 8 heteroatoms. The van der Waals surface area contributed by atoms with Gasteiger partial charge in [0.05, 0.1) is 6.57 Å². The molecule has 0 atom stereocenters. The molecule has 2 aromatic heterocycles. The summed E-state index contributed by atoms with van der Waals surface area (Å²) in [6.07, 6.45) is -3.63. The molecule has 0 radical (unpaired) electrons. The van der Waals surface area contributed by atoms with E-state index >= 15 is 0 Å². The van der Waals surface area contributed by atoms with Crippen LogP contribution in [0.2, 0.25) is 4.34 Å². The Balaban J connectivity index is 2.20. The van der Waals surface area contributed by atoms with Gasteiger partial charge >= 0.3 is 6.18 Å². The lowest BCUT2D eigenvalue weighted by molar-refractivity contribution is -0.140. The summed E-state index contributed by atoms with van der Waals surface area (Å²) in [5.41, 5.74) is 0.308. The van der Waals surface area contributed by atoms with Crippen LogP contribution in [0.5, 0.6) is 0 Å². The Labute approximate surface area is 138 Å². The summed E-state index contributed by atoms with van der Waals surface area (Å²) in [6.45, 7) is 6.93. The molecule has 0 aliphatic rings. The number of thiophene rings is 1. The topological polar surface area (TPSA) is 22.2 Å². The van der Waals surface area contributed by atoms with Gasteiger partial charge in [-0.2, -0.15) is 13.2 Å². The summed E-state index contributed by atoms with van der Waals surface area (Å²) >= 11 is 7.27. The molecule has 0 aliphatic heterocycles. The molecule has 0 unspecified atom stereocenters. The minimum atomic E-state index is -4.56. The van der Waals surface area contributed by atoms with Gasteiger partial charge in [-0.25, -0.2) is 9.83 Å². The van der Waals surface area contributed by atoms with Crippen LogP contribution in [0.4, 0.5) is 18.9 Å². The van der Waals surface area contributed by atoms with Crippen molar-refractivity contribution >= 4 is 28.6 Å². The first-order valence-corrected chi connectivity index (χ1v) is 7.54. The zero-order chi connectivity index (χ0) is 16.6. The van der Waals surface area contributed by atoms with E-state index in [0.717, 1.165) is 6.20 Å². The van der Waals surface area contributed by atoms with Crippen LogP contribution in [0.15, 0.2) is 41.9 Å². The lowest BCUT2D eigenvalue weighted by Gasteiger charge is -2.07. The lowest BCUT2D eigenvalue weighted by Crippen LogP contribution is -2.04. The molecule has 3 rings (SSSR count). The van der Waals surface area contributed by atoms with Crippen molar-refractivity contribution in [2.24, 2.45) is 0 Å². The monoisotopic (exact) mass is 353 g/mol. The van der Waals surface area contributed by atoms with Crippen LogP contribution < -0.4 is 0 Å². The minimum Gasteiger partial charge on any atom is -0.299 e. The molecule has 23 heavy (non-hydrogen) atoms. The Morgan fingerprint density at radius 1 is 1.17 bits per heavy atom. The maximum atomic E-state index is 13.0. The molecule has 0 amide bonds. The third-order valence-corrected chi connectivity index (χ3v) is 4.28. The number of hydrogen-bond acceptors (Lipinski definition) is 2. The molecular formula is C15H7ClF3N3S. The normalized spacial score (nSPS) is 11.4. The SMILES string of the molecule is [C-]#[N+]c1ccc(-n2cc(C(F)(F)F)nc2-c2ccsc2Cl)cc1. The number of aromatic nitrogens is 2. The molecule has 0 saturated heterocycles. The lowest BCUT2D eigenvalue weighted by atomic mass is 10.2. The van der Waals surface area contributed by atoms with Gasteiger partial charge in [-0.05, 0) is 23.6 Å². The molecule has 2 heterocycles. The van der Waals surface area contributed by atoms with Gasteiger partial charge in [0.2, 0.25) is 0 Å². The third kappa shape index (κ3) is 2.96. The highest BCUT2D eigenvalue weighted by atomic mass is 35.5. The Morgan fingerprint density at radius 2 is 1.87 bits per heavy atom. The number of hydrogen-bond donors (Lipinski definition) is 0. The van der Waals surface area contributed by atoms with E-state index in [1.807, 2.05) is 0 Å². The quantitative estimate of drug-likeness (QED) is 0.532. The average Bonchev–Trinajstić information content (AvgIpc) is 3.12. The third-order valence-electron chi connectivity index (χ3n) is 3.11. The number of halogens is 4. The van der Waals surface area contributed by atoms with Crippen LogP contribution in [-0.4, -0.2) is 9.55 Å². The van der Waals surface area contributed by atoms with Crippen molar-refractivity contribution in [2.75, 3.05) is 0 Å².